The predicted molar refractivity (Wildman–Crippen MR) is 77.9 cm³/mol. The average molecular weight is 285 g/mol. The highest BCUT2D eigenvalue weighted by Gasteiger charge is 2.24. The minimum atomic E-state index is -0.0337. The first kappa shape index (κ1) is 16.0. The van der Waals surface area contributed by atoms with Crippen molar-refractivity contribution in [3.63, 3.8) is 0 Å². The predicted octanol–water partition coefficient (Wildman–Crippen LogP) is 1.52. The number of amides is 1. The number of halogens is 1. The number of carbonyl (C=O) groups excluding carboxylic acids is 1. The molecule has 1 fully saturated rings. The van der Waals surface area contributed by atoms with Gasteiger partial charge in [-0.05, 0) is 26.0 Å². The van der Waals surface area contributed by atoms with Crippen molar-refractivity contribution in [2.24, 2.45) is 5.73 Å². The molecule has 1 aliphatic heterocycles. The Morgan fingerprint density at radius 3 is 2.58 bits per heavy atom. The van der Waals surface area contributed by atoms with Gasteiger partial charge in [0.15, 0.2) is 0 Å². The van der Waals surface area contributed by atoms with Crippen LogP contribution >= 0.6 is 12.4 Å². The third-order valence-electron chi connectivity index (χ3n) is 3.16. The summed E-state index contributed by atoms with van der Waals surface area (Å²) in [6, 6.07) is 5.93. The molecule has 5 heteroatoms. The number of rotatable bonds is 2. The maximum absolute atomic E-state index is 12.4. The van der Waals surface area contributed by atoms with E-state index in [4.69, 9.17) is 10.5 Å². The Labute approximate surface area is 120 Å². The van der Waals surface area contributed by atoms with Gasteiger partial charge in [0, 0.05) is 25.2 Å². The quantitative estimate of drug-likeness (QED) is 0.896. The second kappa shape index (κ2) is 6.89. The Bertz CT molecular complexity index is 431. The minimum Gasteiger partial charge on any atom is -0.373 e. The molecule has 106 valence electrons. The first-order valence-electron chi connectivity index (χ1n) is 6.29. The first-order chi connectivity index (χ1) is 8.60. The lowest BCUT2D eigenvalue weighted by Gasteiger charge is -2.32. The molecule has 19 heavy (non-hydrogen) atoms. The number of nitrogens with zero attached hydrogens (tertiary/aromatic N) is 1. The summed E-state index contributed by atoms with van der Waals surface area (Å²) in [7, 11) is 0. The third kappa shape index (κ3) is 3.93. The van der Waals surface area contributed by atoms with E-state index in [1.54, 1.807) is 0 Å². The monoisotopic (exact) mass is 284 g/mol. The topological polar surface area (TPSA) is 55.6 Å². The van der Waals surface area contributed by atoms with E-state index in [1.165, 1.54) is 0 Å². The van der Waals surface area contributed by atoms with E-state index in [1.807, 2.05) is 30.9 Å². The number of benzene rings is 1. The van der Waals surface area contributed by atoms with Crippen LogP contribution in [0.5, 0.6) is 0 Å². The van der Waals surface area contributed by atoms with Crippen LogP contribution in [0.4, 0.5) is 0 Å². The summed E-state index contributed by atoms with van der Waals surface area (Å²) < 4.78 is 5.47. The normalized spacial score (nSPS) is 18.9. The van der Waals surface area contributed by atoms with E-state index >= 15 is 0 Å². The molecule has 0 aliphatic carbocycles. The molecule has 0 aromatic heterocycles. The van der Waals surface area contributed by atoms with Gasteiger partial charge in [0.1, 0.15) is 0 Å². The van der Waals surface area contributed by atoms with Crippen molar-refractivity contribution >= 4 is 18.3 Å². The zero-order valence-corrected chi connectivity index (χ0v) is 12.2. The zero-order valence-electron chi connectivity index (χ0n) is 11.4. The molecular weight excluding hydrogens is 264 g/mol. The van der Waals surface area contributed by atoms with Gasteiger partial charge in [-0.3, -0.25) is 4.79 Å². The first-order valence-corrected chi connectivity index (χ1v) is 6.29. The Morgan fingerprint density at radius 2 is 2.00 bits per heavy atom. The van der Waals surface area contributed by atoms with Crippen molar-refractivity contribution in [2.75, 3.05) is 26.2 Å². The molecule has 0 saturated carbocycles. The second-order valence-electron chi connectivity index (χ2n) is 4.86. The molecule has 1 atom stereocenters. The number of aryl methyl sites for hydroxylation is 2. The molecule has 0 radical (unpaired) electrons. The maximum atomic E-state index is 12.4. The fraction of sp³-hybridized carbons (Fsp3) is 0.500. The molecule has 0 bridgehead atoms. The van der Waals surface area contributed by atoms with Gasteiger partial charge < -0.3 is 15.4 Å². The van der Waals surface area contributed by atoms with Crippen molar-refractivity contribution in [2.45, 2.75) is 20.0 Å². The van der Waals surface area contributed by atoms with Crippen molar-refractivity contribution < 1.29 is 9.53 Å². The van der Waals surface area contributed by atoms with Crippen LogP contribution in [0.1, 0.15) is 21.5 Å². The van der Waals surface area contributed by atoms with E-state index in [0.29, 0.717) is 26.2 Å². The summed E-state index contributed by atoms with van der Waals surface area (Å²) in [5, 5.41) is 0. The Morgan fingerprint density at radius 1 is 1.37 bits per heavy atom. The summed E-state index contributed by atoms with van der Waals surface area (Å²) in [4.78, 5) is 14.2. The fourth-order valence-corrected chi connectivity index (χ4v) is 2.33. The van der Waals surface area contributed by atoms with Gasteiger partial charge in [-0.25, -0.2) is 0 Å². The lowest BCUT2D eigenvalue weighted by Crippen LogP contribution is -2.48. The van der Waals surface area contributed by atoms with Crippen molar-refractivity contribution in [1.29, 1.82) is 0 Å². The highest BCUT2D eigenvalue weighted by atomic mass is 35.5. The molecule has 1 heterocycles. The molecule has 0 spiro atoms. The van der Waals surface area contributed by atoms with Crippen LogP contribution in [0, 0.1) is 13.8 Å². The SMILES string of the molecule is Cc1cc(C)cc(C(=O)N2CCOC(CN)C2)c1.Cl. The van der Waals surface area contributed by atoms with Crippen LogP contribution in [-0.4, -0.2) is 43.2 Å². The number of carbonyl (C=O) groups is 1. The van der Waals surface area contributed by atoms with Crippen LogP contribution in [-0.2, 0) is 4.74 Å². The number of morpholine rings is 1. The molecule has 2 N–H and O–H groups in total. The van der Waals surface area contributed by atoms with E-state index in [2.05, 4.69) is 6.07 Å². The lowest BCUT2D eigenvalue weighted by atomic mass is 10.1. The van der Waals surface area contributed by atoms with Crippen LogP contribution in [0.15, 0.2) is 18.2 Å². The molecule has 1 unspecified atom stereocenters. The minimum absolute atomic E-state index is 0. The van der Waals surface area contributed by atoms with E-state index in [0.717, 1.165) is 16.7 Å². The highest BCUT2D eigenvalue weighted by molar-refractivity contribution is 5.94. The van der Waals surface area contributed by atoms with Gasteiger partial charge >= 0.3 is 0 Å². The number of hydrogen-bond donors (Lipinski definition) is 1. The summed E-state index contributed by atoms with van der Waals surface area (Å²) >= 11 is 0. The van der Waals surface area contributed by atoms with Crippen LogP contribution < -0.4 is 5.73 Å². The number of nitrogens with two attached hydrogens (primary N) is 1. The van der Waals surface area contributed by atoms with Crippen molar-refractivity contribution in [1.82, 2.24) is 4.90 Å². The lowest BCUT2D eigenvalue weighted by molar-refractivity contribution is -0.0167. The van der Waals surface area contributed by atoms with Crippen LogP contribution in [0.25, 0.3) is 0 Å². The van der Waals surface area contributed by atoms with Gasteiger partial charge in [-0.15, -0.1) is 12.4 Å². The number of hydrogen-bond acceptors (Lipinski definition) is 3. The smallest absolute Gasteiger partial charge is 0.254 e. The van der Waals surface area contributed by atoms with Crippen molar-refractivity contribution in [3.8, 4) is 0 Å². The van der Waals surface area contributed by atoms with Crippen molar-refractivity contribution in [3.05, 3.63) is 34.9 Å². The third-order valence-corrected chi connectivity index (χ3v) is 3.16. The Hall–Kier alpha value is -1.10. The summed E-state index contributed by atoms with van der Waals surface area (Å²) in [5.74, 6) is 0.0727. The molecule has 1 aromatic carbocycles. The standard InChI is InChI=1S/C14H20N2O2.ClH/c1-10-5-11(2)7-12(6-10)14(17)16-3-4-18-13(8-15)9-16;/h5-7,13H,3-4,8-9,15H2,1-2H3;1H. The van der Waals surface area contributed by atoms with E-state index in [-0.39, 0.29) is 24.4 Å². The average Bonchev–Trinajstić information content (AvgIpc) is 2.37. The Balaban J connectivity index is 0.00000180. The molecule has 1 aromatic rings. The van der Waals surface area contributed by atoms with Gasteiger partial charge in [-0.2, -0.15) is 0 Å². The molecule has 1 saturated heterocycles. The van der Waals surface area contributed by atoms with Crippen LogP contribution in [0.3, 0.4) is 0 Å². The fourth-order valence-electron chi connectivity index (χ4n) is 2.33. The van der Waals surface area contributed by atoms with Crippen LogP contribution in [0.2, 0.25) is 0 Å². The van der Waals surface area contributed by atoms with E-state index in [9.17, 15) is 4.79 Å². The Kier molecular flexibility index (Phi) is 5.79. The highest BCUT2D eigenvalue weighted by Crippen LogP contribution is 2.14. The van der Waals surface area contributed by atoms with E-state index < -0.39 is 0 Å². The largest absolute Gasteiger partial charge is 0.373 e. The van der Waals surface area contributed by atoms with Gasteiger partial charge in [0.05, 0.1) is 12.7 Å². The molecular formula is C14H21ClN2O2. The number of ether oxygens (including phenoxy) is 1. The molecule has 1 aliphatic rings. The van der Waals surface area contributed by atoms with Gasteiger partial charge in [-0.1, -0.05) is 17.2 Å². The molecule has 4 nitrogen and oxygen atoms in total. The molecule has 2 rings (SSSR count). The maximum Gasteiger partial charge on any atom is 0.254 e. The van der Waals surface area contributed by atoms with Gasteiger partial charge in [0.25, 0.3) is 5.91 Å². The zero-order chi connectivity index (χ0) is 13.1. The summed E-state index contributed by atoms with van der Waals surface area (Å²) in [6.45, 7) is 6.26. The summed E-state index contributed by atoms with van der Waals surface area (Å²) in [6.07, 6.45) is -0.0337. The second-order valence-corrected chi connectivity index (χ2v) is 4.86. The molecule has 1 amide bonds. The summed E-state index contributed by atoms with van der Waals surface area (Å²) in [5.41, 5.74) is 8.57. The van der Waals surface area contributed by atoms with Gasteiger partial charge in [0.2, 0.25) is 0 Å².